The van der Waals surface area contributed by atoms with E-state index in [-0.39, 0.29) is 12.5 Å². The van der Waals surface area contributed by atoms with Crippen LogP contribution >= 0.6 is 11.3 Å². The van der Waals surface area contributed by atoms with Gasteiger partial charge in [0.05, 0.1) is 11.9 Å². The number of rotatable bonds is 8. The molecule has 8 heteroatoms. The van der Waals surface area contributed by atoms with Crippen molar-refractivity contribution in [3.63, 3.8) is 0 Å². The summed E-state index contributed by atoms with van der Waals surface area (Å²) in [4.78, 5) is 23.6. The number of methoxy groups -OCH3 is 2. The lowest BCUT2D eigenvalue weighted by Gasteiger charge is -2.14. The summed E-state index contributed by atoms with van der Waals surface area (Å²) in [6, 6.07) is 7.48. The van der Waals surface area contributed by atoms with Crippen LogP contribution in [0.4, 0.5) is 5.82 Å². The number of hydrogen-bond acceptors (Lipinski definition) is 7. The van der Waals surface area contributed by atoms with Gasteiger partial charge in [0, 0.05) is 31.2 Å². The Balaban J connectivity index is 1.67. The van der Waals surface area contributed by atoms with E-state index in [0.717, 1.165) is 27.4 Å². The van der Waals surface area contributed by atoms with Crippen LogP contribution in [0.1, 0.15) is 32.2 Å². The number of carbonyl (C=O) groups is 1. The van der Waals surface area contributed by atoms with E-state index < -0.39 is 6.29 Å². The number of nitrogens with one attached hydrogen (secondary N) is 2. The molecule has 0 spiro atoms. The minimum absolute atomic E-state index is 0.166. The highest BCUT2D eigenvalue weighted by atomic mass is 32.1. The van der Waals surface area contributed by atoms with Crippen LogP contribution in [-0.2, 0) is 16.0 Å². The molecule has 1 aromatic carbocycles. The molecule has 29 heavy (non-hydrogen) atoms. The number of benzene rings is 1. The molecule has 0 aliphatic carbocycles. The third kappa shape index (κ3) is 4.90. The molecule has 3 aromatic rings. The Labute approximate surface area is 174 Å². The van der Waals surface area contributed by atoms with E-state index in [4.69, 9.17) is 9.47 Å². The number of aryl methyl sites for hydroxylation is 3. The molecule has 154 valence electrons. The highest BCUT2D eigenvalue weighted by molar-refractivity contribution is 7.18. The number of hydrogen-bond donors (Lipinski definition) is 2. The molecule has 0 aliphatic rings. The molecule has 2 aromatic heterocycles. The van der Waals surface area contributed by atoms with E-state index in [0.29, 0.717) is 12.1 Å². The molecule has 0 saturated carbocycles. The van der Waals surface area contributed by atoms with Crippen molar-refractivity contribution in [2.45, 2.75) is 33.6 Å². The monoisotopic (exact) mass is 414 g/mol. The Morgan fingerprint density at radius 3 is 2.45 bits per heavy atom. The van der Waals surface area contributed by atoms with Crippen molar-refractivity contribution < 1.29 is 14.3 Å². The van der Waals surface area contributed by atoms with Gasteiger partial charge < -0.3 is 20.1 Å². The number of carbonyl (C=O) groups excluding carboxylic acids is 1. The minimum Gasteiger partial charge on any atom is -0.365 e. The zero-order valence-electron chi connectivity index (χ0n) is 17.3. The number of fused-ring (bicyclic) bond motifs is 1. The predicted octanol–water partition coefficient (Wildman–Crippen LogP) is 3.58. The summed E-state index contributed by atoms with van der Waals surface area (Å²) >= 11 is 1.69. The molecule has 0 atom stereocenters. The van der Waals surface area contributed by atoms with Crippen LogP contribution in [0.3, 0.4) is 0 Å². The van der Waals surface area contributed by atoms with Crippen molar-refractivity contribution >= 4 is 33.3 Å². The number of ether oxygens (including phenoxy) is 2. The van der Waals surface area contributed by atoms with E-state index in [2.05, 4.69) is 34.4 Å². The van der Waals surface area contributed by atoms with Gasteiger partial charge in [0.25, 0.3) is 5.91 Å². The molecule has 7 nitrogen and oxygen atoms in total. The molecular weight excluding hydrogens is 388 g/mol. The lowest BCUT2D eigenvalue weighted by Crippen LogP contribution is -2.34. The van der Waals surface area contributed by atoms with Crippen LogP contribution in [0.2, 0.25) is 0 Å². The van der Waals surface area contributed by atoms with Crippen molar-refractivity contribution in [1.82, 2.24) is 15.3 Å². The first-order valence-corrected chi connectivity index (χ1v) is 10.2. The van der Waals surface area contributed by atoms with Gasteiger partial charge in [-0.05, 0) is 44.0 Å². The number of anilines is 1. The van der Waals surface area contributed by atoms with Crippen molar-refractivity contribution in [3.8, 4) is 0 Å². The first-order valence-electron chi connectivity index (χ1n) is 9.33. The van der Waals surface area contributed by atoms with Crippen molar-refractivity contribution in [2.24, 2.45) is 0 Å². The van der Waals surface area contributed by atoms with Gasteiger partial charge in [0.1, 0.15) is 16.5 Å². The number of amides is 1. The van der Waals surface area contributed by atoms with Crippen LogP contribution in [-0.4, -0.2) is 42.9 Å². The number of thiophene rings is 1. The zero-order chi connectivity index (χ0) is 21.0. The molecule has 0 fully saturated rings. The molecule has 2 heterocycles. The molecule has 3 rings (SSSR count). The van der Waals surface area contributed by atoms with Crippen LogP contribution in [0.15, 0.2) is 24.3 Å². The summed E-state index contributed by atoms with van der Waals surface area (Å²) < 4.78 is 10.1. The molecular formula is C21H26N4O3S. The molecule has 0 aliphatic heterocycles. The zero-order valence-corrected chi connectivity index (χ0v) is 18.1. The molecule has 0 bridgehead atoms. The highest BCUT2D eigenvalue weighted by Gasteiger charge is 2.14. The average molecular weight is 415 g/mol. The van der Waals surface area contributed by atoms with Gasteiger partial charge in [-0.3, -0.25) is 4.79 Å². The quantitative estimate of drug-likeness (QED) is 0.548. The second kappa shape index (κ2) is 9.30. The smallest absolute Gasteiger partial charge is 0.251 e. The van der Waals surface area contributed by atoms with Gasteiger partial charge in [-0.15, -0.1) is 11.3 Å². The summed E-state index contributed by atoms with van der Waals surface area (Å²) in [5.41, 5.74) is 2.86. The third-order valence-electron chi connectivity index (χ3n) is 4.77. The lowest BCUT2D eigenvalue weighted by molar-refractivity contribution is -0.0974. The summed E-state index contributed by atoms with van der Waals surface area (Å²) in [5, 5.41) is 7.30. The summed E-state index contributed by atoms with van der Waals surface area (Å²) in [6.07, 6.45) is -0.459. The Kier molecular flexibility index (Phi) is 6.79. The van der Waals surface area contributed by atoms with Crippen molar-refractivity contribution in [2.75, 3.05) is 26.1 Å². The standard InChI is InChI=1S/C21H26N4O3S/c1-12-13(2)29-21-18(12)19(24-14(3)25-21)22-10-15-6-8-16(9-7-15)20(26)23-11-17(27-4)28-5/h6-9,17H,10-11H2,1-5H3,(H,23,26)(H,22,24,25). The molecule has 0 saturated heterocycles. The summed E-state index contributed by atoms with van der Waals surface area (Å²) in [6.45, 7) is 7.00. The van der Waals surface area contributed by atoms with Gasteiger partial charge in [0.2, 0.25) is 0 Å². The van der Waals surface area contributed by atoms with Crippen LogP contribution in [0.25, 0.3) is 10.2 Å². The fourth-order valence-electron chi connectivity index (χ4n) is 2.98. The van der Waals surface area contributed by atoms with Crippen molar-refractivity contribution in [3.05, 3.63) is 51.7 Å². The van der Waals surface area contributed by atoms with Crippen LogP contribution in [0, 0.1) is 20.8 Å². The number of nitrogens with zero attached hydrogens (tertiary/aromatic N) is 2. The first kappa shape index (κ1) is 21.2. The molecule has 0 unspecified atom stereocenters. The van der Waals surface area contributed by atoms with E-state index in [1.165, 1.54) is 24.7 Å². The van der Waals surface area contributed by atoms with Crippen LogP contribution in [0.5, 0.6) is 0 Å². The SMILES string of the molecule is COC(CNC(=O)c1ccc(CNc2nc(C)nc3sc(C)c(C)c23)cc1)OC. The maximum atomic E-state index is 12.2. The normalized spacial score (nSPS) is 11.2. The van der Waals surface area contributed by atoms with E-state index in [1.807, 2.05) is 31.2 Å². The van der Waals surface area contributed by atoms with Gasteiger partial charge in [0.15, 0.2) is 6.29 Å². The Morgan fingerprint density at radius 1 is 1.10 bits per heavy atom. The maximum Gasteiger partial charge on any atom is 0.251 e. The Bertz CT molecular complexity index is 997. The average Bonchev–Trinajstić information content (AvgIpc) is 3.00. The predicted molar refractivity (Wildman–Crippen MR) is 116 cm³/mol. The van der Waals surface area contributed by atoms with Gasteiger partial charge in [-0.25, -0.2) is 9.97 Å². The third-order valence-corrected chi connectivity index (χ3v) is 5.87. The molecule has 2 N–H and O–H groups in total. The second-order valence-electron chi connectivity index (χ2n) is 6.74. The Hall–Kier alpha value is -2.55. The fourth-order valence-corrected chi connectivity index (χ4v) is 4.06. The largest absolute Gasteiger partial charge is 0.365 e. The lowest BCUT2D eigenvalue weighted by atomic mass is 10.1. The minimum atomic E-state index is -0.459. The summed E-state index contributed by atoms with van der Waals surface area (Å²) in [5.74, 6) is 1.43. The van der Waals surface area contributed by atoms with Gasteiger partial charge in [-0.2, -0.15) is 0 Å². The van der Waals surface area contributed by atoms with E-state index >= 15 is 0 Å². The van der Waals surface area contributed by atoms with E-state index in [1.54, 1.807) is 11.3 Å². The second-order valence-corrected chi connectivity index (χ2v) is 7.95. The van der Waals surface area contributed by atoms with E-state index in [9.17, 15) is 4.79 Å². The molecule has 1 amide bonds. The topological polar surface area (TPSA) is 85.4 Å². The fraction of sp³-hybridized carbons (Fsp3) is 0.381. The van der Waals surface area contributed by atoms with Gasteiger partial charge >= 0.3 is 0 Å². The number of aromatic nitrogens is 2. The van der Waals surface area contributed by atoms with Crippen molar-refractivity contribution in [1.29, 1.82) is 0 Å². The summed E-state index contributed by atoms with van der Waals surface area (Å²) in [7, 11) is 3.07. The van der Waals surface area contributed by atoms with Crippen LogP contribution < -0.4 is 10.6 Å². The molecule has 0 radical (unpaired) electrons. The van der Waals surface area contributed by atoms with Gasteiger partial charge in [-0.1, -0.05) is 12.1 Å². The Morgan fingerprint density at radius 2 is 1.79 bits per heavy atom. The first-order chi connectivity index (χ1) is 13.9. The highest BCUT2D eigenvalue weighted by Crippen LogP contribution is 2.33. The maximum absolute atomic E-state index is 12.2.